The van der Waals surface area contributed by atoms with E-state index in [1.807, 2.05) is 35.2 Å². The quantitative estimate of drug-likeness (QED) is 0.688. The van der Waals surface area contributed by atoms with E-state index in [4.69, 9.17) is 8.83 Å². The Kier molecular flexibility index (Phi) is 3.97. The maximum Gasteiger partial charge on any atom is 0.437 e. The summed E-state index contributed by atoms with van der Waals surface area (Å²) in [5.74, 6) is -0.390. The van der Waals surface area contributed by atoms with E-state index in [0.29, 0.717) is 12.3 Å². The maximum atomic E-state index is 12.7. The third-order valence-electron chi connectivity index (χ3n) is 4.13. The van der Waals surface area contributed by atoms with Crippen LogP contribution in [0.1, 0.15) is 18.4 Å². The number of hydrogen-bond acceptors (Lipinski definition) is 5. The highest BCUT2D eigenvalue weighted by molar-refractivity contribution is 5.76. The van der Waals surface area contributed by atoms with Gasteiger partial charge in [-0.05, 0) is 30.5 Å². The van der Waals surface area contributed by atoms with E-state index < -0.39 is 5.76 Å². The van der Waals surface area contributed by atoms with Crippen molar-refractivity contribution in [2.24, 2.45) is 0 Å². The Bertz CT molecular complexity index is 907. The SMILES string of the molecule is O=C(Cn1nc(-c2ccco2)oc1=O)N(Cc1ccccc1)C1CC1. The van der Waals surface area contributed by atoms with Crippen molar-refractivity contribution in [2.45, 2.75) is 32.0 Å². The lowest BCUT2D eigenvalue weighted by Crippen LogP contribution is -2.37. The van der Waals surface area contributed by atoms with Crippen LogP contribution in [0.5, 0.6) is 0 Å². The van der Waals surface area contributed by atoms with Crippen LogP contribution in [0.25, 0.3) is 11.7 Å². The smallest absolute Gasteiger partial charge is 0.437 e. The summed E-state index contributed by atoms with van der Waals surface area (Å²) in [6.45, 7) is 0.383. The third-order valence-corrected chi connectivity index (χ3v) is 4.13. The topological polar surface area (TPSA) is 81.5 Å². The molecule has 1 aliphatic carbocycles. The second kappa shape index (κ2) is 6.43. The number of rotatable bonds is 6. The molecular weight excluding hydrogens is 322 g/mol. The van der Waals surface area contributed by atoms with Gasteiger partial charge in [-0.25, -0.2) is 4.79 Å². The van der Waals surface area contributed by atoms with Gasteiger partial charge in [0.05, 0.1) is 6.26 Å². The van der Waals surface area contributed by atoms with Crippen LogP contribution in [0.3, 0.4) is 0 Å². The molecule has 0 saturated heterocycles. The molecule has 1 saturated carbocycles. The lowest BCUT2D eigenvalue weighted by Gasteiger charge is -2.22. The van der Waals surface area contributed by atoms with Crippen molar-refractivity contribution in [2.75, 3.05) is 0 Å². The van der Waals surface area contributed by atoms with E-state index in [9.17, 15) is 9.59 Å². The molecule has 0 unspecified atom stereocenters. The number of furan rings is 1. The first-order chi connectivity index (χ1) is 12.2. The first-order valence-corrected chi connectivity index (χ1v) is 8.16. The van der Waals surface area contributed by atoms with Gasteiger partial charge in [-0.1, -0.05) is 30.3 Å². The summed E-state index contributed by atoms with van der Waals surface area (Å²) in [6.07, 6.45) is 3.45. The molecule has 128 valence electrons. The molecule has 25 heavy (non-hydrogen) atoms. The lowest BCUT2D eigenvalue weighted by atomic mass is 10.2. The molecule has 2 aromatic heterocycles. The Morgan fingerprint density at radius 2 is 2.00 bits per heavy atom. The molecule has 1 fully saturated rings. The Labute approximate surface area is 143 Å². The Morgan fingerprint density at radius 3 is 2.68 bits per heavy atom. The number of carbonyl (C=O) groups excluding carboxylic acids is 1. The van der Waals surface area contributed by atoms with Gasteiger partial charge in [0.2, 0.25) is 5.91 Å². The summed E-state index contributed by atoms with van der Waals surface area (Å²) in [5.41, 5.74) is 1.06. The molecular formula is C18H17N3O4. The number of amides is 1. The number of nitrogens with zero attached hydrogens (tertiary/aromatic N) is 3. The minimum absolute atomic E-state index is 0.0730. The largest absolute Gasteiger partial charge is 0.459 e. The van der Waals surface area contributed by atoms with Crippen molar-refractivity contribution >= 4 is 5.91 Å². The van der Waals surface area contributed by atoms with Crippen LogP contribution in [0.2, 0.25) is 0 Å². The van der Waals surface area contributed by atoms with Crippen molar-refractivity contribution in [1.29, 1.82) is 0 Å². The maximum absolute atomic E-state index is 12.7. The number of aromatic nitrogens is 2. The van der Waals surface area contributed by atoms with Crippen LogP contribution in [0, 0.1) is 0 Å². The highest BCUT2D eigenvalue weighted by Crippen LogP contribution is 2.28. The molecule has 3 aromatic rings. The van der Waals surface area contributed by atoms with Crippen LogP contribution in [-0.4, -0.2) is 26.6 Å². The lowest BCUT2D eigenvalue weighted by molar-refractivity contribution is -0.133. The fourth-order valence-electron chi connectivity index (χ4n) is 2.71. The third kappa shape index (κ3) is 3.40. The van der Waals surface area contributed by atoms with E-state index in [1.165, 1.54) is 6.26 Å². The van der Waals surface area contributed by atoms with Crippen molar-refractivity contribution in [3.05, 3.63) is 64.8 Å². The summed E-state index contributed by atoms with van der Waals surface area (Å²) in [5, 5.41) is 4.06. The van der Waals surface area contributed by atoms with Crippen LogP contribution in [0.4, 0.5) is 0 Å². The molecule has 4 rings (SSSR count). The number of carbonyl (C=O) groups is 1. The first-order valence-electron chi connectivity index (χ1n) is 8.16. The Morgan fingerprint density at radius 1 is 1.20 bits per heavy atom. The molecule has 1 aliphatic rings. The minimum Gasteiger partial charge on any atom is -0.459 e. The van der Waals surface area contributed by atoms with Crippen LogP contribution in [-0.2, 0) is 17.9 Å². The molecule has 7 heteroatoms. The second-order valence-corrected chi connectivity index (χ2v) is 6.05. The molecule has 0 spiro atoms. The summed E-state index contributed by atoms with van der Waals surface area (Å²) in [6, 6.07) is 13.4. The van der Waals surface area contributed by atoms with E-state index in [-0.39, 0.29) is 24.4 Å². The predicted octanol–water partition coefficient (Wildman–Crippen LogP) is 2.29. The summed E-state index contributed by atoms with van der Waals surface area (Å²) in [7, 11) is 0. The van der Waals surface area contributed by atoms with E-state index >= 15 is 0 Å². The highest BCUT2D eigenvalue weighted by atomic mass is 16.4. The van der Waals surface area contributed by atoms with Crippen molar-refractivity contribution < 1.29 is 13.6 Å². The second-order valence-electron chi connectivity index (χ2n) is 6.05. The van der Waals surface area contributed by atoms with Gasteiger partial charge in [0.1, 0.15) is 6.54 Å². The molecule has 7 nitrogen and oxygen atoms in total. The van der Waals surface area contributed by atoms with E-state index in [1.54, 1.807) is 12.1 Å². The van der Waals surface area contributed by atoms with Gasteiger partial charge in [0, 0.05) is 12.6 Å². The molecule has 0 bridgehead atoms. The van der Waals surface area contributed by atoms with Crippen LogP contribution < -0.4 is 5.76 Å². The van der Waals surface area contributed by atoms with Crippen LogP contribution in [0.15, 0.2) is 62.4 Å². The van der Waals surface area contributed by atoms with Crippen molar-refractivity contribution in [3.63, 3.8) is 0 Å². The van der Waals surface area contributed by atoms with Gasteiger partial charge in [-0.2, -0.15) is 4.68 Å². The van der Waals surface area contributed by atoms with Gasteiger partial charge < -0.3 is 13.7 Å². The van der Waals surface area contributed by atoms with E-state index in [2.05, 4.69) is 5.10 Å². The normalized spacial score (nSPS) is 13.8. The first kappa shape index (κ1) is 15.4. The molecule has 0 N–H and O–H groups in total. The zero-order valence-corrected chi connectivity index (χ0v) is 13.5. The van der Waals surface area contributed by atoms with Gasteiger partial charge in [0.15, 0.2) is 5.76 Å². The zero-order chi connectivity index (χ0) is 17.2. The fourth-order valence-corrected chi connectivity index (χ4v) is 2.71. The number of hydrogen-bond donors (Lipinski definition) is 0. The summed E-state index contributed by atoms with van der Waals surface area (Å²) >= 11 is 0. The molecule has 1 amide bonds. The highest BCUT2D eigenvalue weighted by Gasteiger charge is 2.33. The van der Waals surface area contributed by atoms with Crippen LogP contribution >= 0.6 is 0 Å². The standard InChI is InChI=1S/C18H17N3O4/c22-16(20(14-8-9-14)11-13-5-2-1-3-6-13)12-21-18(23)25-17(19-21)15-7-4-10-24-15/h1-7,10,14H,8-9,11-12H2. The minimum atomic E-state index is -0.671. The average molecular weight is 339 g/mol. The molecule has 1 aromatic carbocycles. The Balaban J connectivity index is 1.51. The fraction of sp³-hybridized carbons (Fsp3) is 0.278. The van der Waals surface area contributed by atoms with Crippen molar-refractivity contribution in [3.8, 4) is 11.7 Å². The zero-order valence-electron chi connectivity index (χ0n) is 13.5. The summed E-state index contributed by atoms with van der Waals surface area (Å²) < 4.78 is 11.3. The average Bonchev–Trinajstić information content (AvgIpc) is 3.18. The summed E-state index contributed by atoms with van der Waals surface area (Å²) in [4.78, 5) is 26.5. The predicted molar refractivity (Wildman–Crippen MR) is 88.5 cm³/mol. The monoisotopic (exact) mass is 339 g/mol. The van der Waals surface area contributed by atoms with E-state index in [0.717, 1.165) is 23.1 Å². The molecule has 2 heterocycles. The Hall–Kier alpha value is -3.09. The molecule has 0 aliphatic heterocycles. The van der Waals surface area contributed by atoms with Gasteiger partial charge in [-0.15, -0.1) is 5.10 Å². The molecule has 0 radical (unpaired) electrons. The number of benzene rings is 1. The van der Waals surface area contributed by atoms with Crippen molar-refractivity contribution in [1.82, 2.24) is 14.7 Å². The van der Waals surface area contributed by atoms with Gasteiger partial charge in [0.25, 0.3) is 5.89 Å². The molecule has 0 atom stereocenters. The van der Waals surface area contributed by atoms with Gasteiger partial charge in [-0.3, -0.25) is 4.79 Å². The van der Waals surface area contributed by atoms with Gasteiger partial charge >= 0.3 is 5.76 Å².